The van der Waals surface area contributed by atoms with E-state index in [9.17, 15) is 32.4 Å². The van der Waals surface area contributed by atoms with Crippen molar-refractivity contribution < 1.29 is 50.8 Å². The second kappa shape index (κ2) is 18.2. The largest absolute Gasteiger partial charge is 0.493 e. The van der Waals surface area contributed by atoms with Gasteiger partial charge in [0.15, 0.2) is 11.5 Å². The van der Waals surface area contributed by atoms with Crippen molar-refractivity contribution in [2.24, 2.45) is 4.99 Å². The van der Waals surface area contributed by atoms with E-state index in [2.05, 4.69) is 25.7 Å². The standard InChI is InChI=1S/C39H45N5O11S/c1-23(41-35(45)12-8-9-13-36(46)53-4)37(47)42-24(2)38(48)43-28-15-25(14-26(16-28)22-55-56(5,50)51)21-54-34-19-31-30(18-33(34)52-3)39(49)44-29(20-40-31)17-27-10-6-7-11-32(27)44/h6-7,10-11,14-16,18-20,23-24,29H,8-9,12-13,17,21-22H2,1-5H3,(H,41,45)(H,42,47)(H,43,48)/t23-,24-,29?/m0/s1. The Labute approximate surface area is 325 Å². The van der Waals surface area contributed by atoms with Gasteiger partial charge in [-0.3, -0.25) is 38.0 Å². The summed E-state index contributed by atoms with van der Waals surface area (Å²) in [6, 6.07) is 13.5. The summed E-state index contributed by atoms with van der Waals surface area (Å²) in [6.07, 6.45) is 4.50. The number of fused-ring (bicyclic) bond motifs is 4. The van der Waals surface area contributed by atoms with Crippen LogP contribution in [0.2, 0.25) is 0 Å². The highest BCUT2D eigenvalue weighted by molar-refractivity contribution is 7.85. The quantitative estimate of drug-likeness (QED) is 0.102. The summed E-state index contributed by atoms with van der Waals surface area (Å²) in [7, 11) is -1.06. The Hall–Kier alpha value is -5.81. The zero-order valence-corrected chi connectivity index (χ0v) is 32.6. The van der Waals surface area contributed by atoms with Gasteiger partial charge in [0.05, 0.1) is 44.4 Å². The van der Waals surface area contributed by atoms with Gasteiger partial charge in [0.1, 0.15) is 18.7 Å². The van der Waals surface area contributed by atoms with E-state index in [0.717, 1.165) is 17.5 Å². The molecule has 17 heteroatoms. The van der Waals surface area contributed by atoms with Crippen molar-refractivity contribution >= 4 is 63.0 Å². The van der Waals surface area contributed by atoms with E-state index in [1.807, 2.05) is 24.3 Å². The molecule has 0 radical (unpaired) electrons. The van der Waals surface area contributed by atoms with Crippen molar-refractivity contribution in [3.63, 3.8) is 0 Å². The first-order valence-electron chi connectivity index (χ1n) is 17.9. The van der Waals surface area contributed by atoms with Gasteiger partial charge in [-0.15, -0.1) is 0 Å². The number of unbranched alkanes of at least 4 members (excludes halogenated alkanes) is 1. The molecule has 2 aliphatic heterocycles. The van der Waals surface area contributed by atoms with Crippen LogP contribution in [0.25, 0.3) is 0 Å². The second-order valence-corrected chi connectivity index (χ2v) is 15.1. The average Bonchev–Trinajstić information content (AvgIpc) is 3.48. The van der Waals surface area contributed by atoms with Gasteiger partial charge in [0, 0.05) is 42.9 Å². The van der Waals surface area contributed by atoms with Crippen LogP contribution in [0.1, 0.15) is 66.6 Å². The minimum atomic E-state index is -3.80. The van der Waals surface area contributed by atoms with Gasteiger partial charge >= 0.3 is 5.97 Å². The Kier molecular flexibility index (Phi) is 13.5. The fourth-order valence-electron chi connectivity index (χ4n) is 6.22. The van der Waals surface area contributed by atoms with Gasteiger partial charge < -0.3 is 30.2 Å². The first-order chi connectivity index (χ1) is 26.6. The Morgan fingerprint density at radius 2 is 1.59 bits per heavy atom. The van der Waals surface area contributed by atoms with Gasteiger partial charge in [-0.2, -0.15) is 8.42 Å². The molecular weight excluding hydrogens is 747 g/mol. The monoisotopic (exact) mass is 791 g/mol. The number of carbonyl (C=O) groups excluding carboxylic acids is 5. The third-order valence-electron chi connectivity index (χ3n) is 9.07. The molecule has 56 heavy (non-hydrogen) atoms. The van der Waals surface area contributed by atoms with Crippen LogP contribution in [0.4, 0.5) is 17.1 Å². The number of esters is 1. The van der Waals surface area contributed by atoms with E-state index in [-0.39, 0.29) is 61.3 Å². The average molecular weight is 792 g/mol. The Morgan fingerprint density at radius 1 is 0.893 bits per heavy atom. The molecule has 0 saturated heterocycles. The van der Waals surface area contributed by atoms with Crippen molar-refractivity contribution in [2.75, 3.05) is 30.7 Å². The molecule has 0 aromatic heterocycles. The van der Waals surface area contributed by atoms with Crippen molar-refractivity contribution in [3.8, 4) is 11.5 Å². The van der Waals surface area contributed by atoms with Crippen LogP contribution in [0.5, 0.6) is 11.5 Å². The summed E-state index contributed by atoms with van der Waals surface area (Å²) < 4.78 is 44.9. The highest BCUT2D eigenvalue weighted by Gasteiger charge is 2.36. The molecule has 5 rings (SSSR count). The van der Waals surface area contributed by atoms with Crippen molar-refractivity contribution in [2.45, 2.75) is 77.3 Å². The highest BCUT2D eigenvalue weighted by Crippen LogP contribution is 2.41. The predicted octanol–water partition coefficient (Wildman–Crippen LogP) is 3.72. The lowest BCUT2D eigenvalue weighted by atomic mass is 10.1. The summed E-state index contributed by atoms with van der Waals surface area (Å²) >= 11 is 0. The fourth-order valence-corrected chi connectivity index (χ4v) is 6.57. The molecule has 3 atom stereocenters. The maximum atomic E-state index is 13.8. The molecule has 3 aromatic rings. The molecule has 16 nitrogen and oxygen atoms in total. The van der Waals surface area contributed by atoms with Gasteiger partial charge in [0.2, 0.25) is 17.7 Å². The lowest BCUT2D eigenvalue weighted by Crippen LogP contribution is -2.50. The molecule has 0 aliphatic carbocycles. The Balaban J connectivity index is 1.26. The van der Waals surface area contributed by atoms with Crippen LogP contribution in [-0.2, 0) is 57.9 Å². The summed E-state index contributed by atoms with van der Waals surface area (Å²) in [5.74, 6) is -1.57. The number of rotatable bonds is 17. The third kappa shape index (κ3) is 10.7. The maximum absolute atomic E-state index is 13.8. The van der Waals surface area contributed by atoms with E-state index in [4.69, 9.17) is 13.7 Å². The SMILES string of the molecule is COC(=O)CCCCC(=O)N[C@@H](C)C(=O)N[C@@H](C)C(=O)Nc1cc(COc2cc3c(cc2OC)C(=O)N2c4ccccc4CC2C=N3)cc(COS(C)(=O)=O)c1. The second-order valence-electron chi connectivity index (χ2n) is 13.5. The molecule has 0 bridgehead atoms. The number of amides is 4. The number of para-hydroxylation sites is 1. The van der Waals surface area contributed by atoms with Crippen LogP contribution >= 0.6 is 0 Å². The maximum Gasteiger partial charge on any atom is 0.305 e. The van der Waals surface area contributed by atoms with E-state index >= 15 is 0 Å². The Bertz CT molecular complexity index is 2140. The van der Waals surface area contributed by atoms with Gasteiger partial charge in [-0.25, -0.2) is 0 Å². The number of hydrogen-bond acceptors (Lipinski definition) is 12. The van der Waals surface area contributed by atoms with Crippen LogP contribution < -0.4 is 30.3 Å². The van der Waals surface area contributed by atoms with E-state index in [0.29, 0.717) is 47.4 Å². The summed E-state index contributed by atoms with van der Waals surface area (Å²) in [5, 5.41) is 7.87. The van der Waals surface area contributed by atoms with Gasteiger partial charge in [-0.05, 0) is 73.7 Å². The molecule has 298 valence electrons. The number of aliphatic imine (C=N–C) groups is 1. The molecule has 2 aliphatic rings. The number of nitrogens with one attached hydrogen (secondary N) is 3. The molecule has 1 unspecified atom stereocenters. The molecule has 0 saturated carbocycles. The first kappa shape index (κ1) is 41.4. The molecule has 3 aromatic carbocycles. The van der Waals surface area contributed by atoms with Crippen LogP contribution in [0, 0.1) is 0 Å². The van der Waals surface area contributed by atoms with Crippen molar-refractivity contribution in [3.05, 3.63) is 76.9 Å². The number of ether oxygens (including phenoxy) is 3. The summed E-state index contributed by atoms with van der Waals surface area (Å²) in [4.78, 5) is 69.7. The molecule has 0 spiro atoms. The fraction of sp³-hybridized carbons (Fsp3) is 0.385. The zero-order valence-electron chi connectivity index (χ0n) is 31.7. The topological polar surface area (TPSA) is 208 Å². The molecule has 0 fully saturated rings. The smallest absolute Gasteiger partial charge is 0.305 e. The predicted molar refractivity (Wildman–Crippen MR) is 207 cm³/mol. The van der Waals surface area contributed by atoms with Crippen LogP contribution in [0.3, 0.4) is 0 Å². The van der Waals surface area contributed by atoms with Gasteiger partial charge in [0.25, 0.3) is 16.0 Å². The lowest BCUT2D eigenvalue weighted by molar-refractivity contribution is -0.140. The summed E-state index contributed by atoms with van der Waals surface area (Å²) in [5.41, 5.74) is 3.83. The van der Waals surface area contributed by atoms with Crippen molar-refractivity contribution in [1.29, 1.82) is 0 Å². The molecule has 4 amide bonds. The van der Waals surface area contributed by atoms with E-state index in [1.54, 1.807) is 35.4 Å². The molecular formula is C39H45N5O11S. The van der Waals surface area contributed by atoms with Crippen LogP contribution in [-0.4, -0.2) is 82.8 Å². The number of methoxy groups -OCH3 is 2. The van der Waals surface area contributed by atoms with Crippen LogP contribution in [0.15, 0.2) is 59.6 Å². The minimum Gasteiger partial charge on any atom is -0.493 e. The number of benzene rings is 3. The molecule has 3 N–H and O–H groups in total. The number of carbonyl (C=O) groups is 5. The third-order valence-corrected chi connectivity index (χ3v) is 9.61. The number of nitrogens with zero attached hydrogens (tertiary/aromatic N) is 2. The first-order valence-corrected chi connectivity index (χ1v) is 19.7. The van der Waals surface area contributed by atoms with E-state index in [1.165, 1.54) is 34.1 Å². The highest BCUT2D eigenvalue weighted by atomic mass is 32.2. The van der Waals surface area contributed by atoms with E-state index < -0.39 is 34.0 Å². The van der Waals surface area contributed by atoms with Crippen molar-refractivity contribution in [1.82, 2.24) is 10.6 Å². The number of anilines is 2. The zero-order chi connectivity index (χ0) is 40.6. The Morgan fingerprint density at radius 3 is 2.30 bits per heavy atom. The normalized spacial score (nSPS) is 15.3. The molecule has 2 heterocycles. The lowest BCUT2D eigenvalue weighted by Gasteiger charge is -2.22. The summed E-state index contributed by atoms with van der Waals surface area (Å²) in [6.45, 7) is 2.55. The van der Waals surface area contributed by atoms with Gasteiger partial charge in [-0.1, -0.05) is 18.2 Å². The number of hydrogen-bond donors (Lipinski definition) is 3. The minimum absolute atomic E-state index is 0.0727.